The number of ketones is 1. The summed E-state index contributed by atoms with van der Waals surface area (Å²) in [5, 5.41) is 2.38. The van der Waals surface area contributed by atoms with E-state index in [0.29, 0.717) is 10.6 Å². The van der Waals surface area contributed by atoms with Gasteiger partial charge in [-0.2, -0.15) is 0 Å². The third kappa shape index (κ3) is 1.61. The van der Waals surface area contributed by atoms with E-state index in [2.05, 4.69) is 4.98 Å². The SMILES string of the molecule is CC(=O)c1ccc(Cl)c2c(C)nccc12. The molecule has 0 spiro atoms. The normalized spacial score (nSPS) is 10.6. The fraction of sp³-hybridized carbons (Fsp3) is 0.167. The van der Waals surface area contributed by atoms with E-state index < -0.39 is 0 Å². The molecule has 0 atom stereocenters. The zero-order valence-corrected chi connectivity index (χ0v) is 9.30. The molecule has 0 unspecified atom stereocenters. The van der Waals surface area contributed by atoms with Gasteiger partial charge in [0, 0.05) is 22.8 Å². The molecule has 0 bridgehead atoms. The van der Waals surface area contributed by atoms with Crippen LogP contribution in [0.3, 0.4) is 0 Å². The fourth-order valence-corrected chi connectivity index (χ4v) is 2.03. The van der Waals surface area contributed by atoms with E-state index in [1.54, 1.807) is 25.3 Å². The molecule has 2 aromatic rings. The average Bonchev–Trinajstić information content (AvgIpc) is 2.17. The highest BCUT2D eigenvalue weighted by Gasteiger charge is 2.09. The van der Waals surface area contributed by atoms with Gasteiger partial charge >= 0.3 is 0 Å². The lowest BCUT2D eigenvalue weighted by atomic mass is 10.0. The van der Waals surface area contributed by atoms with Crippen molar-refractivity contribution in [2.45, 2.75) is 13.8 Å². The van der Waals surface area contributed by atoms with Gasteiger partial charge in [0.15, 0.2) is 5.78 Å². The van der Waals surface area contributed by atoms with Gasteiger partial charge in [0.05, 0.1) is 5.02 Å². The molecule has 0 aliphatic heterocycles. The van der Waals surface area contributed by atoms with Gasteiger partial charge in [-0.05, 0) is 37.4 Å². The maximum absolute atomic E-state index is 11.4. The van der Waals surface area contributed by atoms with E-state index in [4.69, 9.17) is 11.6 Å². The van der Waals surface area contributed by atoms with Crippen LogP contribution in [0, 0.1) is 6.92 Å². The van der Waals surface area contributed by atoms with E-state index in [1.807, 2.05) is 13.0 Å². The van der Waals surface area contributed by atoms with Crippen LogP contribution >= 0.6 is 11.6 Å². The van der Waals surface area contributed by atoms with Crippen LogP contribution in [-0.2, 0) is 0 Å². The smallest absolute Gasteiger partial charge is 0.160 e. The minimum atomic E-state index is 0.0438. The first-order valence-corrected chi connectivity index (χ1v) is 5.04. The highest BCUT2D eigenvalue weighted by atomic mass is 35.5. The van der Waals surface area contributed by atoms with E-state index in [0.717, 1.165) is 16.5 Å². The Morgan fingerprint density at radius 2 is 2.07 bits per heavy atom. The summed E-state index contributed by atoms with van der Waals surface area (Å²) < 4.78 is 0. The lowest BCUT2D eigenvalue weighted by Crippen LogP contribution is -1.95. The second-order valence-corrected chi connectivity index (χ2v) is 3.88. The topological polar surface area (TPSA) is 30.0 Å². The molecule has 1 aromatic heterocycles. The number of hydrogen-bond donors (Lipinski definition) is 0. The Hall–Kier alpha value is -1.41. The molecular weight excluding hydrogens is 210 g/mol. The highest BCUT2D eigenvalue weighted by molar-refractivity contribution is 6.36. The monoisotopic (exact) mass is 219 g/mol. The van der Waals surface area contributed by atoms with Gasteiger partial charge in [0.1, 0.15) is 0 Å². The molecule has 0 aliphatic carbocycles. The Morgan fingerprint density at radius 1 is 1.33 bits per heavy atom. The molecular formula is C12H10ClNO. The minimum absolute atomic E-state index is 0.0438. The number of aromatic nitrogens is 1. The first kappa shape index (κ1) is 10.1. The van der Waals surface area contributed by atoms with Crippen molar-refractivity contribution in [3.05, 3.63) is 40.7 Å². The number of rotatable bonds is 1. The van der Waals surface area contributed by atoms with Crippen LogP contribution < -0.4 is 0 Å². The maximum atomic E-state index is 11.4. The van der Waals surface area contributed by atoms with Gasteiger partial charge < -0.3 is 0 Å². The highest BCUT2D eigenvalue weighted by Crippen LogP contribution is 2.28. The number of carbonyl (C=O) groups is 1. The third-order valence-corrected chi connectivity index (χ3v) is 2.76. The summed E-state index contributed by atoms with van der Waals surface area (Å²) >= 11 is 6.09. The maximum Gasteiger partial charge on any atom is 0.160 e. The van der Waals surface area contributed by atoms with Crippen molar-refractivity contribution in [1.29, 1.82) is 0 Å². The molecule has 0 amide bonds. The van der Waals surface area contributed by atoms with Gasteiger partial charge in [-0.15, -0.1) is 0 Å². The predicted molar refractivity (Wildman–Crippen MR) is 61.5 cm³/mol. The van der Waals surface area contributed by atoms with Crippen molar-refractivity contribution >= 4 is 28.2 Å². The van der Waals surface area contributed by atoms with Crippen LogP contribution in [0.1, 0.15) is 23.0 Å². The summed E-state index contributed by atoms with van der Waals surface area (Å²) in [6, 6.07) is 5.33. The van der Waals surface area contributed by atoms with Gasteiger partial charge in [0.25, 0.3) is 0 Å². The van der Waals surface area contributed by atoms with Crippen molar-refractivity contribution in [3.8, 4) is 0 Å². The Kier molecular flexibility index (Phi) is 2.45. The Bertz CT molecular complexity index is 540. The summed E-state index contributed by atoms with van der Waals surface area (Å²) in [5.41, 5.74) is 1.54. The first-order chi connectivity index (χ1) is 7.11. The number of hydrogen-bond acceptors (Lipinski definition) is 2. The fourth-order valence-electron chi connectivity index (χ4n) is 1.73. The van der Waals surface area contributed by atoms with Crippen molar-refractivity contribution in [3.63, 3.8) is 0 Å². The Morgan fingerprint density at radius 3 is 2.73 bits per heavy atom. The van der Waals surface area contributed by atoms with Crippen LogP contribution in [0.15, 0.2) is 24.4 Å². The van der Waals surface area contributed by atoms with Crippen LogP contribution in [0.4, 0.5) is 0 Å². The van der Waals surface area contributed by atoms with Crippen LogP contribution in [0.2, 0.25) is 5.02 Å². The molecule has 0 N–H and O–H groups in total. The number of nitrogens with zero attached hydrogens (tertiary/aromatic N) is 1. The van der Waals surface area contributed by atoms with Gasteiger partial charge in [0.2, 0.25) is 0 Å². The second kappa shape index (κ2) is 3.63. The van der Waals surface area contributed by atoms with Crippen LogP contribution in [-0.4, -0.2) is 10.8 Å². The van der Waals surface area contributed by atoms with E-state index in [-0.39, 0.29) is 5.78 Å². The Balaban J connectivity index is 2.95. The molecule has 1 aromatic carbocycles. The predicted octanol–water partition coefficient (Wildman–Crippen LogP) is 3.40. The van der Waals surface area contributed by atoms with Crippen molar-refractivity contribution in [2.24, 2.45) is 0 Å². The number of Topliss-reactive ketones (excluding diaryl/α,β-unsaturated/α-hetero) is 1. The summed E-state index contributed by atoms with van der Waals surface area (Å²) in [7, 11) is 0. The number of carbonyl (C=O) groups excluding carboxylic acids is 1. The molecule has 0 fully saturated rings. The van der Waals surface area contributed by atoms with E-state index in [1.165, 1.54) is 0 Å². The number of pyridine rings is 1. The van der Waals surface area contributed by atoms with Crippen molar-refractivity contribution in [1.82, 2.24) is 4.98 Å². The standard InChI is InChI=1S/C12H10ClNO/c1-7-12-10(5-6-14-7)9(8(2)15)3-4-11(12)13/h3-6H,1-2H3. The zero-order valence-electron chi connectivity index (χ0n) is 8.54. The molecule has 15 heavy (non-hydrogen) atoms. The van der Waals surface area contributed by atoms with Gasteiger partial charge in [-0.1, -0.05) is 11.6 Å². The number of benzene rings is 1. The second-order valence-electron chi connectivity index (χ2n) is 3.47. The third-order valence-electron chi connectivity index (χ3n) is 2.45. The zero-order chi connectivity index (χ0) is 11.0. The molecule has 2 nitrogen and oxygen atoms in total. The molecule has 2 rings (SSSR count). The molecule has 0 radical (unpaired) electrons. The lowest BCUT2D eigenvalue weighted by Gasteiger charge is -2.06. The van der Waals surface area contributed by atoms with Crippen LogP contribution in [0.25, 0.3) is 10.8 Å². The van der Waals surface area contributed by atoms with E-state index in [9.17, 15) is 4.79 Å². The molecule has 1 heterocycles. The lowest BCUT2D eigenvalue weighted by molar-refractivity contribution is 0.101. The average molecular weight is 220 g/mol. The largest absolute Gasteiger partial charge is 0.294 e. The molecule has 0 saturated carbocycles. The summed E-state index contributed by atoms with van der Waals surface area (Å²) in [6.07, 6.45) is 1.69. The summed E-state index contributed by atoms with van der Waals surface area (Å²) in [4.78, 5) is 15.6. The number of halogens is 1. The minimum Gasteiger partial charge on any atom is -0.294 e. The number of fused-ring (bicyclic) bond motifs is 1. The summed E-state index contributed by atoms with van der Waals surface area (Å²) in [5.74, 6) is 0.0438. The summed E-state index contributed by atoms with van der Waals surface area (Å²) in [6.45, 7) is 3.44. The number of aryl methyl sites for hydroxylation is 1. The van der Waals surface area contributed by atoms with Crippen molar-refractivity contribution < 1.29 is 4.79 Å². The van der Waals surface area contributed by atoms with Gasteiger partial charge in [-0.3, -0.25) is 9.78 Å². The van der Waals surface area contributed by atoms with Crippen LogP contribution in [0.5, 0.6) is 0 Å². The molecule has 76 valence electrons. The first-order valence-electron chi connectivity index (χ1n) is 4.66. The molecule has 3 heteroatoms. The quantitative estimate of drug-likeness (QED) is 0.688. The molecule has 0 aliphatic rings. The van der Waals surface area contributed by atoms with Crippen molar-refractivity contribution in [2.75, 3.05) is 0 Å². The van der Waals surface area contributed by atoms with Gasteiger partial charge in [-0.25, -0.2) is 0 Å². The molecule has 0 saturated heterocycles. The Labute approximate surface area is 92.9 Å². The van der Waals surface area contributed by atoms with E-state index >= 15 is 0 Å².